The van der Waals surface area contributed by atoms with Gasteiger partial charge in [0, 0.05) is 0 Å². The topological polar surface area (TPSA) is 127 Å². The summed E-state index contributed by atoms with van der Waals surface area (Å²) in [4.78, 5) is 7.85. The molecule has 2 rings (SSSR count). The molecule has 0 atom stereocenters. The van der Waals surface area contributed by atoms with Crippen LogP contribution in [-0.4, -0.2) is 11.9 Å². The Morgan fingerprint density at radius 3 is 2.09 bits per heavy atom. The van der Waals surface area contributed by atoms with Gasteiger partial charge in [0.25, 0.3) is 0 Å². The lowest BCUT2D eigenvalue weighted by Gasteiger charge is -2.02. The van der Waals surface area contributed by atoms with E-state index in [0.29, 0.717) is 11.4 Å². The van der Waals surface area contributed by atoms with Crippen LogP contribution in [0.25, 0.3) is 0 Å². The Bertz CT molecular complexity index is 770. The fourth-order valence-electron chi connectivity index (χ4n) is 1.81. The summed E-state index contributed by atoms with van der Waals surface area (Å²) in [6, 6.07) is 13.3. The minimum atomic E-state index is -0.152. The summed E-state index contributed by atoms with van der Waals surface area (Å²) in [7, 11) is 0. The molecule has 0 heterocycles. The van der Waals surface area contributed by atoms with Gasteiger partial charge in [0.2, 0.25) is 5.96 Å². The molecule has 0 fully saturated rings. The highest BCUT2D eigenvalue weighted by atomic mass is 15.1. The molecule has 118 valence electrons. The number of aliphatic imine (C=N–C) groups is 2. The zero-order valence-corrected chi connectivity index (χ0v) is 13.1. The van der Waals surface area contributed by atoms with Crippen molar-refractivity contribution in [2.45, 2.75) is 13.8 Å². The molecule has 0 amide bonds. The van der Waals surface area contributed by atoms with Gasteiger partial charge in [-0.25, -0.2) is 4.99 Å². The van der Waals surface area contributed by atoms with Crippen LogP contribution in [0.15, 0.2) is 62.7 Å². The zero-order chi connectivity index (χ0) is 16.8. The van der Waals surface area contributed by atoms with Gasteiger partial charge in [-0.05, 0) is 43.7 Å². The highest BCUT2D eigenvalue weighted by molar-refractivity contribution is 5.94. The standard InChI is InChI=1S/C16H19N7/c1-10-3-6-12(7-4-10)22-23-14-9-11(2)5-8-13(14)20-16(19)21-15(17)18/h3-9H,1-2H3,(H6,17,18,19,20,21). The van der Waals surface area contributed by atoms with Crippen LogP contribution in [0.4, 0.5) is 17.1 Å². The summed E-state index contributed by atoms with van der Waals surface area (Å²) in [6.07, 6.45) is 0. The minimum absolute atomic E-state index is 0.0411. The van der Waals surface area contributed by atoms with E-state index in [-0.39, 0.29) is 11.9 Å². The Hall–Kier alpha value is -3.22. The average Bonchev–Trinajstić information content (AvgIpc) is 2.48. The number of rotatable bonds is 3. The Labute approximate surface area is 134 Å². The third-order valence-electron chi connectivity index (χ3n) is 2.92. The van der Waals surface area contributed by atoms with E-state index in [1.54, 1.807) is 6.07 Å². The first-order chi connectivity index (χ1) is 10.9. The number of hydrogen-bond acceptors (Lipinski definition) is 3. The van der Waals surface area contributed by atoms with E-state index in [1.165, 1.54) is 0 Å². The summed E-state index contributed by atoms with van der Waals surface area (Å²) < 4.78 is 0. The Morgan fingerprint density at radius 1 is 0.783 bits per heavy atom. The predicted molar refractivity (Wildman–Crippen MR) is 93.6 cm³/mol. The number of nitrogens with two attached hydrogens (primary N) is 3. The molecule has 0 saturated carbocycles. The second-order valence-corrected chi connectivity index (χ2v) is 5.03. The van der Waals surface area contributed by atoms with E-state index in [0.717, 1.165) is 16.8 Å². The third-order valence-corrected chi connectivity index (χ3v) is 2.92. The molecule has 0 aliphatic heterocycles. The second kappa shape index (κ2) is 7.17. The molecule has 7 heteroatoms. The van der Waals surface area contributed by atoms with Gasteiger partial charge >= 0.3 is 0 Å². The van der Waals surface area contributed by atoms with E-state index in [1.807, 2.05) is 50.2 Å². The highest BCUT2D eigenvalue weighted by Gasteiger charge is 2.02. The van der Waals surface area contributed by atoms with Gasteiger partial charge < -0.3 is 17.2 Å². The molecule has 0 bridgehead atoms. The Balaban J connectivity index is 2.35. The SMILES string of the molecule is Cc1ccc(N=Nc2cc(C)ccc2N=C(N)N=C(N)N)cc1. The fraction of sp³-hybridized carbons (Fsp3) is 0.125. The third kappa shape index (κ3) is 4.92. The van der Waals surface area contributed by atoms with Gasteiger partial charge in [-0.15, -0.1) is 5.11 Å². The van der Waals surface area contributed by atoms with Crippen molar-refractivity contribution in [3.8, 4) is 0 Å². The van der Waals surface area contributed by atoms with Crippen molar-refractivity contribution < 1.29 is 0 Å². The van der Waals surface area contributed by atoms with Crippen LogP contribution in [0.3, 0.4) is 0 Å². The molecule has 0 unspecified atom stereocenters. The molecule has 0 saturated heterocycles. The van der Waals surface area contributed by atoms with Crippen molar-refractivity contribution in [2.75, 3.05) is 0 Å². The number of azo groups is 1. The molecule has 0 aromatic heterocycles. The molecule has 6 N–H and O–H groups in total. The van der Waals surface area contributed by atoms with E-state index >= 15 is 0 Å². The van der Waals surface area contributed by atoms with Gasteiger partial charge in [-0.1, -0.05) is 23.8 Å². The van der Waals surface area contributed by atoms with Crippen molar-refractivity contribution in [3.05, 3.63) is 53.6 Å². The number of hydrogen-bond donors (Lipinski definition) is 3. The van der Waals surface area contributed by atoms with Crippen molar-refractivity contribution in [2.24, 2.45) is 37.4 Å². The number of guanidine groups is 2. The van der Waals surface area contributed by atoms with Gasteiger partial charge in [-0.3, -0.25) is 0 Å². The minimum Gasteiger partial charge on any atom is -0.370 e. The lowest BCUT2D eigenvalue weighted by atomic mass is 10.2. The molecule has 0 aliphatic rings. The smallest absolute Gasteiger partial charge is 0.223 e. The summed E-state index contributed by atoms with van der Waals surface area (Å²) in [5.74, 6) is -0.193. The number of aryl methyl sites for hydroxylation is 2. The van der Waals surface area contributed by atoms with Crippen LogP contribution in [0.2, 0.25) is 0 Å². The van der Waals surface area contributed by atoms with Crippen molar-refractivity contribution in [1.29, 1.82) is 0 Å². The maximum Gasteiger partial charge on any atom is 0.223 e. The average molecular weight is 309 g/mol. The van der Waals surface area contributed by atoms with Crippen molar-refractivity contribution in [1.82, 2.24) is 0 Å². The first-order valence-corrected chi connectivity index (χ1v) is 6.97. The maximum absolute atomic E-state index is 5.67. The Kier molecular flexibility index (Phi) is 5.03. The summed E-state index contributed by atoms with van der Waals surface area (Å²) in [5, 5.41) is 8.47. The monoisotopic (exact) mass is 309 g/mol. The van der Waals surface area contributed by atoms with Crippen LogP contribution in [0, 0.1) is 13.8 Å². The maximum atomic E-state index is 5.67. The normalized spacial score (nSPS) is 11.7. The zero-order valence-electron chi connectivity index (χ0n) is 13.1. The first kappa shape index (κ1) is 16.2. The molecule has 2 aromatic rings. The predicted octanol–water partition coefficient (Wildman–Crippen LogP) is 2.94. The fourth-order valence-corrected chi connectivity index (χ4v) is 1.81. The molecular weight excluding hydrogens is 290 g/mol. The van der Waals surface area contributed by atoms with Crippen molar-refractivity contribution in [3.63, 3.8) is 0 Å². The summed E-state index contributed by atoms with van der Waals surface area (Å²) in [5.41, 5.74) is 20.3. The van der Waals surface area contributed by atoms with Crippen LogP contribution < -0.4 is 17.2 Å². The van der Waals surface area contributed by atoms with E-state index in [4.69, 9.17) is 17.2 Å². The van der Waals surface area contributed by atoms with Gasteiger partial charge in [0.05, 0.1) is 11.4 Å². The molecule has 7 nitrogen and oxygen atoms in total. The molecular formula is C16H19N7. The first-order valence-electron chi connectivity index (χ1n) is 6.97. The summed E-state index contributed by atoms with van der Waals surface area (Å²) in [6.45, 7) is 3.97. The van der Waals surface area contributed by atoms with E-state index in [2.05, 4.69) is 20.2 Å². The largest absolute Gasteiger partial charge is 0.370 e. The number of nitrogens with zero attached hydrogens (tertiary/aromatic N) is 4. The molecule has 23 heavy (non-hydrogen) atoms. The van der Waals surface area contributed by atoms with Gasteiger partial charge in [0.1, 0.15) is 5.69 Å². The lowest BCUT2D eigenvalue weighted by Crippen LogP contribution is -2.26. The molecule has 0 spiro atoms. The van der Waals surface area contributed by atoms with E-state index < -0.39 is 0 Å². The molecule has 0 radical (unpaired) electrons. The molecule has 2 aromatic carbocycles. The second-order valence-electron chi connectivity index (χ2n) is 5.03. The van der Waals surface area contributed by atoms with Crippen LogP contribution in [-0.2, 0) is 0 Å². The quantitative estimate of drug-likeness (QED) is 0.458. The van der Waals surface area contributed by atoms with Crippen LogP contribution in [0.5, 0.6) is 0 Å². The summed E-state index contributed by atoms with van der Waals surface area (Å²) >= 11 is 0. The highest BCUT2D eigenvalue weighted by Crippen LogP contribution is 2.30. The van der Waals surface area contributed by atoms with Gasteiger partial charge in [-0.2, -0.15) is 10.1 Å². The van der Waals surface area contributed by atoms with Crippen molar-refractivity contribution >= 4 is 29.0 Å². The molecule has 0 aliphatic carbocycles. The number of benzene rings is 2. The van der Waals surface area contributed by atoms with E-state index in [9.17, 15) is 0 Å². The van der Waals surface area contributed by atoms with Crippen LogP contribution in [0.1, 0.15) is 11.1 Å². The Morgan fingerprint density at radius 2 is 1.43 bits per heavy atom. The van der Waals surface area contributed by atoms with Gasteiger partial charge in [0.15, 0.2) is 5.96 Å². The lowest BCUT2D eigenvalue weighted by molar-refractivity contribution is 1.21. The van der Waals surface area contributed by atoms with Crippen LogP contribution >= 0.6 is 0 Å².